The first-order valence-corrected chi connectivity index (χ1v) is 20.2. The molecule has 8 aromatic rings. The summed E-state index contributed by atoms with van der Waals surface area (Å²) in [6, 6.07) is 71.1. The first kappa shape index (κ1) is 34.8. The molecule has 0 saturated carbocycles. The van der Waals surface area contributed by atoms with Crippen molar-refractivity contribution in [1.29, 1.82) is 0 Å². The summed E-state index contributed by atoms with van der Waals surface area (Å²) < 4.78 is 0. The molecule has 0 radical (unpaired) electrons. The first-order valence-electron chi connectivity index (χ1n) is 20.2. The summed E-state index contributed by atoms with van der Waals surface area (Å²) in [5, 5.41) is 2.54. The lowest BCUT2D eigenvalue weighted by Crippen LogP contribution is -2.25. The van der Waals surface area contributed by atoms with Gasteiger partial charge in [-0.2, -0.15) is 0 Å². The van der Waals surface area contributed by atoms with Gasteiger partial charge < -0.3 is 4.90 Å². The van der Waals surface area contributed by atoms with E-state index in [1.807, 2.05) is 0 Å². The van der Waals surface area contributed by atoms with Crippen LogP contribution in [0.5, 0.6) is 0 Å². The van der Waals surface area contributed by atoms with Gasteiger partial charge in [-0.1, -0.05) is 184 Å². The quantitative estimate of drug-likeness (QED) is 0.158. The molecule has 2 aliphatic carbocycles. The highest BCUT2D eigenvalue weighted by atomic mass is 15.1. The van der Waals surface area contributed by atoms with Crippen LogP contribution in [0.4, 0.5) is 11.4 Å². The highest BCUT2D eigenvalue weighted by Crippen LogP contribution is 2.56. The third-order valence-electron chi connectivity index (χ3n) is 12.4. The third kappa shape index (κ3) is 6.30. The highest BCUT2D eigenvalue weighted by molar-refractivity contribution is 5.88. The first-order chi connectivity index (χ1) is 27.9. The van der Waals surface area contributed by atoms with Crippen LogP contribution in [0, 0.1) is 5.92 Å². The van der Waals surface area contributed by atoms with Crippen molar-refractivity contribution in [3.05, 3.63) is 229 Å². The molecule has 8 aromatic carbocycles. The van der Waals surface area contributed by atoms with E-state index < -0.39 is 0 Å². The Labute approximate surface area is 336 Å². The largest absolute Gasteiger partial charge is 0.311 e. The molecule has 57 heavy (non-hydrogen) atoms. The molecule has 2 aliphatic rings. The topological polar surface area (TPSA) is 3.24 Å². The average molecular weight is 732 g/mol. The van der Waals surface area contributed by atoms with Crippen molar-refractivity contribution in [3.8, 4) is 44.5 Å². The van der Waals surface area contributed by atoms with Gasteiger partial charge in [-0.05, 0) is 121 Å². The van der Waals surface area contributed by atoms with Gasteiger partial charge in [0.05, 0.1) is 0 Å². The Morgan fingerprint density at radius 2 is 0.895 bits per heavy atom. The second kappa shape index (κ2) is 14.1. The number of anilines is 2. The molecule has 0 aromatic heterocycles. The van der Waals surface area contributed by atoms with Crippen molar-refractivity contribution in [1.82, 2.24) is 0 Å². The summed E-state index contributed by atoms with van der Waals surface area (Å²) in [4.78, 5) is 2.45. The van der Waals surface area contributed by atoms with E-state index in [0.29, 0.717) is 11.8 Å². The molecule has 0 aliphatic heterocycles. The van der Waals surface area contributed by atoms with Crippen LogP contribution in [-0.2, 0) is 5.41 Å². The molecule has 0 fully saturated rings. The zero-order chi connectivity index (χ0) is 38.5. The minimum Gasteiger partial charge on any atom is -0.311 e. The number of allylic oxidation sites excluding steroid dienone is 3. The maximum atomic E-state index is 2.50. The van der Waals surface area contributed by atoms with Gasteiger partial charge >= 0.3 is 0 Å². The molecular weight excluding hydrogens is 687 g/mol. The molecule has 2 unspecified atom stereocenters. The van der Waals surface area contributed by atoms with Crippen LogP contribution in [0.25, 0.3) is 55.3 Å². The van der Waals surface area contributed by atoms with Crippen molar-refractivity contribution in [2.24, 2.45) is 5.92 Å². The second-order valence-electron chi connectivity index (χ2n) is 16.3. The summed E-state index contributed by atoms with van der Waals surface area (Å²) in [6.45, 7) is 7.26. The maximum absolute atomic E-state index is 2.50. The Morgan fingerprint density at radius 1 is 0.421 bits per heavy atom. The van der Waals surface area contributed by atoms with E-state index in [9.17, 15) is 0 Å². The van der Waals surface area contributed by atoms with Crippen LogP contribution in [0.1, 0.15) is 37.8 Å². The van der Waals surface area contributed by atoms with Crippen LogP contribution in [0.3, 0.4) is 0 Å². The number of benzene rings is 8. The third-order valence-corrected chi connectivity index (χ3v) is 12.4. The van der Waals surface area contributed by atoms with Gasteiger partial charge in [-0.15, -0.1) is 0 Å². The summed E-state index contributed by atoms with van der Waals surface area (Å²) in [6.07, 6.45) is 5.00. The Balaban J connectivity index is 1.02. The fourth-order valence-corrected chi connectivity index (χ4v) is 9.37. The van der Waals surface area contributed by atoms with Crippen LogP contribution in [0.15, 0.2) is 218 Å². The van der Waals surface area contributed by atoms with E-state index >= 15 is 0 Å². The van der Waals surface area contributed by atoms with Gasteiger partial charge in [0.2, 0.25) is 0 Å². The summed E-state index contributed by atoms with van der Waals surface area (Å²) in [5.74, 6) is 0.650. The monoisotopic (exact) mass is 731 g/mol. The fourth-order valence-electron chi connectivity index (χ4n) is 9.37. The van der Waals surface area contributed by atoms with E-state index in [1.165, 1.54) is 77.7 Å². The van der Waals surface area contributed by atoms with Gasteiger partial charge in [-0.3, -0.25) is 0 Å². The minimum absolute atomic E-state index is 0.139. The lowest BCUT2D eigenvalue weighted by atomic mass is 9.75. The molecule has 274 valence electrons. The Hall–Kier alpha value is -6.70. The van der Waals surface area contributed by atoms with Crippen LogP contribution >= 0.6 is 0 Å². The Bertz CT molecular complexity index is 2720. The molecule has 0 spiro atoms. The van der Waals surface area contributed by atoms with Crippen LogP contribution in [-0.4, -0.2) is 0 Å². The van der Waals surface area contributed by atoms with E-state index in [1.54, 1.807) is 0 Å². The van der Waals surface area contributed by atoms with Crippen LogP contribution in [0.2, 0.25) is 0 Å². The molecule has 1 heteroatoms. The SMILES string of the molecule is CC1C=C(N(c2ccc(-c3ccccc3)cc2)c2ccc(-c3ccccc3)cc2)C=C2C1c1ccc(-c3cccc(-c4ccc5ccccc5c4)c3)cc1C2(C)C. The molecule has 0 saturated heterocycles. The van der Waals surface area contributed by atoms with Crippen molar-refractivity contribution in [2.75, 3.05) is 4.90 Å². The lowest BCUT2D eigenvalue weighted by molar-refractivity contribution is 0.546. The Morgan fingerprint density at radius 3 is 1.51 bits per heavy atom. The molecular formula is C56H45N. The number of nitrogens with zero attached hydrogens (tertiary/aromatic N) is 1. The van der Waals surface area contributed by atoms with E-state index in [-0.39, 0.29) is 5.41 Å². The number of rotatable bonds is 7. The van der Waals surface area contributed by atoms with Gasteiger partial charge in [0.1, 0.15) is 0 Å². The predicted octanol–water partition coefficient (Wildman–Crippen LogP) is 15.2. The fraction of sp³-hybridized carbons (Fsp3) is 0.107. The average Bonchev–Trinajstić information content (AvgIpc) is 3.50. The molecule has 10 rings (SSSR count). The summed E-state index contributed by atoms with van der Waals surface area (Å²) in [5.41, 5.74) is 17.6. The van der Waals surface area contributed by atoms with Crippen molar-refractivity contribution >= 4 is 22.1 Å². The summed E-state index contributed by atoms with van der Waals surface area (Å²) >= 11 is 0. The highest BCUT2D eigenvalue weighted by Gasteiger charge is 2.45. The van der Waals surface area contributed by atoms with E-state index in [4.69, 9.17) is 0 Å². The molecule has 0 heterocycles. The normalized spacial score (nSPS) is 16.7. The number of fused-ring (bicyclic) bond motifs is 4. The molecule has 2 atom stereocenters. The van der Waals surface area contributed by atoms with Crippen molar-refractivity contribution < 1.29 is 0 Å². The molecule has 0 bridgehead atoms. The van der Waals surface area contributed by atoms with Crippen molar-refractivity contribution in [2.45, 2.75) is 32.1 Å². The predicted molar refractivity (Wildman–Crippen MR) is 242 cm³/mol. The molecule has 1 nitrogen and oxygen atoms in total. The standard InChI is InChI=1S/C56H45N/c1-38-33-51(57(49-28-23-42(24-29-49)39-13-6-4-7-14-39)50-30-25-43(26-31-50)40-15-8-5-9-16-40)37-54-55(38)52-32-27-48(36-53(52)56(54,2)3)46-20-12-19-45(35-46)47-22-21-41-17-10-11-18-44(41)34-47/h4-38,55H,1-3H3. The van der Waals surface area contributed by atoms with Crippen LogP contribution < -0.4 is 4.90 Å². The van der Waals surface area contributed by atoms with Crippen molar-refractivity contribution in [3.63, 3.8) is 0 Å². The molecule has 0 amide bonds. The summed E-state index contributed by atoms with van der Waals surface area (Å²) in [7, 11) is 0. The maximum Gasteiger partial charge on any atom is 0.0461 e. The zero-order valence-corrected chi connectivity index (χ0v) is 32.7. The van der Waals surface area contributed by atoms with E-state index in [0.717, 1.165) is 11.4 Å². The van der Waals surface area contributed by atoms with Gasteiger partial charge in [0, 0.05) is 28.4 Å². The number of hydrogen-bond donors (Lipinski definition) is 0. The lowest BCUT2D eigenvalue weighted by Gasteiger charge is -2.35. The van der Waals surface area contributed by atoms with Gasteiger partial charge in [-0.25, -0.2) is 0 Å². The van der Waals surface area contributed by atoms with Gasteiger partial charge in [0.25, 0.3) is 0 Å². The van der Waals surface area contributed by atoms with Gasteiger partial charge in [0.15, 0.2) is 0 Å². The molecule has 0 N–H and O–H groups in total. The zero-order valence-electron chi connectivity index (χ0n) is 32.7. The number of hydrogen-bond acceptors (Lipinski definition) is 1. The van der Waals surface area contributed by atoms with E-state index in [2.05, 4.69) is 232 Å². The Kier molecular flexibility index (Phi) is 8.60. The second-order valence-corrected chi connectivity index (χ2v) is 16.3. The minimum atomic E-state index is -0.139. The smallest absolute Gasteiger partial charge is 0.0461 e.